The molecule has 0 spiro atoms. The third kappa shape index (κ3) is 4.53. The number of imidazole rings is 1. The summed E-state index contributed by atoms with van der Waals surface area (Å²) in [6, 6.07) is 0. The van der Waals surface area contributed by atoms with Gasteiger partial charge in [0, 0.05) is 19.3 Å². The first-order chi connectivity index (χ1) is 9.15. The Kier molecular flexibility index (Phi) is 5.25. The first kappa shape index (κ1) is 14.4. The molecule has 19 heavy (non-hydrogen) atoms. The summed E-state index contributed by atoms with van der Waals surface area (Å²) in [4.78, 5) is 7.15. The number of likely N-dealkylation sites (tertiary alicyclic amines) is 1. The lowest BCUT2D eigenvalue weighted by Crippen LogP contribution is -2.22. The number of hydrogen-bond acceptors (Lipinski definition) is 3. The maximum absolute atomic E-state index is 4.57. The summed E-state index contributed by atoms with van der Waals surface area (Å²) < 4.78 is 2.27. The van der Waals surface area contributed by atoms with Crippen molar-refractivity contribution in [2.24, 2.45) is 5.92 Å². The maximum Gasteiger partial charge on any atom is 0.203 e. The van der Waals surface area contributed by atoms with Gasteiger partial charge in [0.15, 0.2) is 0 Å². The fourth-order valence-electron chi connectivity index (χ4n) is 2.62. The van der Waals surface area contributed by atoms with Crippen LogP contribution in [0, 0.1) is 12.8 Å². The molecule has 4 nitrogen and oxygen atoms in total. The molecule has 0 amide bonds. The smallest absolute Gasteiger partial charge is 0.203 e. The number of hydrogen-bond donors (Lipinski definition) is 1. The standard InChI is InChI=1S/C15H28N4/c1-13(2)11-16-15-17-14(3)12-19(15)10-6-9-18-7-4-5-8-18/h12-13H,4-11H2,1-3H3,(H,16,17). The zero-order valence-electron chi connectivity index (χ0n) is 12.7. The van der Waals surface area contributed by atoms with Gasteiger partial charge in [-0.15, -0.1) is 0 Å². The van der Waals surface area contributed by atoms with Gasteiger partial charge in [-0.2, -0.15) is 0 Å². The molecule has 0 unspecified atom stereocenters. The Labute approximate surface area is 117 Å². The van der Waals surface area contributed by atoms with E-state index in [0.717, 1.165) is 24.7 Å². The molecule has 0 atom stereocenters. The van der Waals surface area contributed by atoms with Gasteiger partial charge in [0.1, 0.15) is 0 Å². The van der Waals surface area contributed by atoms with Gasteiger partial charge in [-0.05, 0) is 51.7 Å². The van der Waals surface area contributed by atoms with E-state index in [1.165, 1.54) is 38.9 Å². The summed E-state index contributed by atoms with van der Waals surface area (Å²) in [5.74, 6) is 1.68. The van der Waals surface area contributed by atoms with E-state index in [2.05, 4.69) is 46.7 Å². The summed E-state index contributed by atoms with van der Waals surface area (Å²) in [5.41, 5.74) is 1.10. The molecule has 0 aromatic carbocycles. The fourth-order valence-corrected chi connectivity index (χ4v) is 2.62. The number of nitrogens with one attached hydrogen (secondary N) is 1. The Hall–Kier alpha value is -1.03. The van der Waals surface area contributed by atoms with Crippen molar-refractivity contribution in [2.75, 3.05) is 31.5 Å². The minimum atomic E-state index is 0.648. The van der Waals surface area contributed by atoms with Crippen molar-refractivity contribution in [3.63, 3.8) is 0 Å². The Bertz CT molecular complexity index is 377. The minimum absolute atomic E-state index is 0.648. The van der Waals surface area contributed by atoms with Crippen LogP contribution in [-0.4, -0.2) is 40.6 Å². The van der Waals surface area contributed by atoms with Crippen molar-refractivity contribution in [1.82, 2.24) is 14.5 Å². The molecule has 0 radical (unpaired) electrons. The highest BCUT2D eigenvalue weighted by molar-refractivity contribution is 5.28. The Morgan fingerprint density at radius 1 is 1.26 bits per heavy atom. The van der Waals surface area contributed by atoms with Gasteiger partial charge in [-0.25, -0.2) is 4.98 Å². The molecular weight excluding hydrogens is 236 g/mol. The van der Waals surface area contributed by atoms with E-state index in [9.17, 15) is 0 Å². The number of aromatic nitrogens is 2. The van der Waals surface area contributed by atoms with Crippen LogP contribution in [0.1, 0.15) is 38.8 Å². The Morgan fingerprint density at radius 3 is 2.68 bits per heavy atom. The lowest BCUT2D eigenvalue weighted by atomic mass is 10.2. The zero-order valence-corrected chi connectivity index (χ0v) is 12.7. The van der Waals surface area contributed by atoms with E-state index in [4.69, 9.17) is 0 Å². The molecular formula is C15H28N4. The largest absolute Gasteiger partial charge is 0.355 e. The second kappa shape index (κ2) is 6.94. The van der Waals surface area contributed by atoms with E-state index in [1.54, 1.807) is 0 Å². The van der Waals surface area contributed by atoms with E-state index in [1.807, 2.05) is 0 Å². The number of nitrogens with zero attached hydrogens (tertiary/aromatic N) is 3. The summed E-state index contributed by atoms with van der Waals surface area (Å²) >= 11 is 0. The number of rotatable bonds is 7. The molecule has 1 aliphatic rings. The Morgan fingerprint density at radius 2 is 2.00 bits per heavy atom. The van der Waals surface area contributed by atoms with Crippen molar-refractivity contribution in [2.45, 2.75) is 46.6 Å². The molecule has 2 heterocycles. The third-order valence-electron chi connectivity index (χ3n) is 3.64. The highest BCUT2D eigenvalue weighted by Crippen LogP contribution is 2.12. The molecule has 2 rings (SSSR count). The molecule has 4 heteroatoms. The van der Waals surface area contributed by atoms with Crippen LogP contribution in [0.2, 0.25) is 0 Å². The molecule has 1 aliphatic heterocycles. The molecule has 1 aromatic heterocycles. The topological polar surface area (TPSA) is 33.1 Å². The molecule has 108 valence electrons. The predicted molar refractivity (Wildman–Crippen MR) is 80.6 cm³/mol. The molecule has 0 bridgehead atoms. The van der Waals surface area contributed by atoms with Crippen LogP contribution in [0.3, 0.4) is 0 Å². The van der Waals surface area contributed by atoms with Crippen molar-refractivity contribution in [3.8, 4) is 0 Å². The van der Waals surface area contributed by atoms with Crippen molar-refractivity contribution >= 4 is 5.95 Å². The molecule has 1 fully saturated rings. The van der Waals surface area contributed by atoms with Gasteiger partial charge in [-0.3, -0.25) is 0 Å². The highest BCUT2D eigenvalue weighted by atomic mass is 15.2. The normalized spacial score (nSPS) is 16.4. The van der Waals surface area contributed by atoms with Gasteiger partial charge in [-0.1, -0.05) is 13.8 Å². The lowest BCUT2D eigenvalue weighted by Gasteiger charge is -2.15. The minimum Gasteiger partial charge on any atom is -0.355 e. The molecule has 1 N–H and O–H groups in total. The van der Waals surface area contributed by atoms with Crippen molar-refractivity contribution in [1.29, 1.82) is 0 Å². The summed E-state index contributed by atoms with van der Waals surface area (Å²) in [5, 5.41) is 3.45. The van der Waals surface area contributed by atoms with E-state index < -0.39 is 0 Å². The average Bonchev–Trinajstić information content (AvgIpc) is 2.97. The van der Waals surface area contributed by atoms with Gasteiger partial charge in [0.05, 0.1) is 5.69 Å². The maximum atomic E-state index is 4.57. The van der Waals surface area contributed by atoms with Crippen LogP contribution in [0.15, 0.2) is 6.20 Å². The molecule has 1 aromatic rings. The van der Waals surface area contributed by atoms with Gasteiger partial charge >= 0.3 is 0 Å². The van der Waals surface area contributed by atoms with Crippen molar-refractivity contribution in [3.05, 3.63) is 11.9 Å². The zero-order chi connectivity index (χ0) is 13.7. The van der Waals surface area contributed by atoms with Crippen molar-refractivity contribution < 1.29 is 0 Å². The van der Waals surface area contributed by atoms with Gasteiger partial charge in [0.2, 0.25) is 5.95 Å². The van der Waals surface area contributed by atoms with Crippen LogP contribution in [0.4, 0.5) is 5.95 Å². The fraction of sp³-hybridized carbons (Fsp3) is 0.800. The summed E-state index contributed by atoms with van der Waals surface area (Å²) in [6.07, 6.45) is 6.13. The van der Waals surface area contributed by atoms with Crippen LogP contribution < -0.4 is 5.32 Å². The first-order valence-corrected chi connectivity index (χ1v) is 7.65. The van der Waals surface area contributed by atoms with E-state index in [0.29, 0.717) is 5.92 Å². The SMILES string of the molecule is Cc1cn(CCCN2CCCC2)c(NCC(C)C)n1. The van der Waals surface area contributed by atoms with Gasteiger partial charge < -0.3 is 14.8 Å². The average molecular weight is 264 g/mol. The second-order valence-electron chi connectivity index (χ2n) is 6.08. The summed E-state index contributed by atoms with van der Waals surface area (Å²) in [7, 11) is 0. The molecule has 1 saturated heterocycles. The highest BCUT2D eigenvalue weighted by Gasteiger charge is 2.11. The van der Waals surface area contributed by atoms with E-state index >= 15 is 0 Å². The van der Waals surface area contributed by atoms with Gasteiger partial charge in [0.25, 0.3) is 0 Å². The van der Waals surface area contributed by atoms with Crippen LogP contribution in [0.25, 0.3) is 0 Å². The monoisotopic (exact) mass is 264 g/mol. The molecule has 0 aliphatic carbocycles. The first-order valence-electron chi connectivity index (χ1n) is 7.65. The summed E-state index contributed by atoms with van der Waals surface area (Å²) in [6.45, 7) is 12.4. The van der Waals surface area contributed by atoms with Crippen LogP contribution in [-0.2, 0) is 6.54 Å². The quantitative estimate of drug-likeness (QED) is 0.822. The Balaban J connectivity index is 1.80. The third-order valence-corrected chi connectivity index (χ3v) is 3.64. The van der Waals surface area contributed by atoms with Crippen LogP contribution >= 0.6 is 0 Å². The van der Waals surface area contributed by atoms with E-state index in [-0.39, 0.29) is 0 Å². The lowest BCUT2D eigenvalue weighted by molar-refractivity contribution is 0.325. The number of aryl methyl sites for hydroxylation is 2. The second-order valence-corrected chi connectivity index (χ2v) is 6.08. The predicted octanol–water partition coefficient (Wildman–Crippen LogP) is 2.75. The number of anilines is 1. The molecule has 0 saturated carbocycles. The van der Waals surface area contributed by atoms with Crippen LogP contribution in [0.5, 0.6) is 0 Å².